The van der Waals surface area contributed by atoms with E-state index in [1.807, 2.05) is 0 Å². The standard InChI is InChI=1S/C17H18N4OS2/c18-16(22)13-8-20-17(21-11-2-1-4-19-7-11)12-6-14(24-15(12)13)10-3-5-23-9-10/h3,5-6,8-9,11,19H,1-2,4,7H2,(H2,18,22)(H,20,21)/t11-/m0/s1. The highest BCUT2D eigenvalue weighted by molar-refractivity contribution is 7.23. The monoisotopic (exact) mass is 358 g/mol. The number of fused-ring (bicyclic) bond motifs is 1. The van der Waals surface area contributed by atoms with Gasteiger partial charge in [0.05, 0.1) is 10.3 Å². The van der Waals surface area contributed by atoms with Gasteiger partial charge in [-0.05, 0) is 42.3 Å². The molecule has 1 amide bonds. The van der Waals surface area contributed by atoms with Crippen molar-refractivity contribution in [1.29, 1.82) is 0 Å². The van der Waals surface area contributed by atoms with Gasteiger partial charge in [0.1, 0.15) is 5.82 Å². The summed E-state index contributed by atoms with van der Waals surface area (Å²) < 4.78 is 0.907. The van der Waals surface area contributed by atoms with E-state index in [0.29, 0.717) is 11.6 Å². The van der Waals surface area contributed by atoms with Gasteiger partial charge < -0.3 is 16.4 Å². The maximum atomic E-state index is 11.8. The van der Waals surface area contributed by atoms with Gasteiger partial charge in [-0.2, -0.15) is 11.3 Å². The number of primary amides is 1. The molecule has 5 nitrogen and oxygen atoms in total. The van der Waals surface area contributed by atoms with Crippen LogP contribution in [0.3, 0.4) is 0 Å². The van der Waals surface area contributed by atoms with E-state index < -0.39 is 5.91 Å². The third-order valence-electron chi connectivity index (χ3n) is 4.26. The number of thiophene rings is 2. The van der Waals surface area contributed by atoms with Crippen LogP contribution in [0.5, 0.6) is 0 Å². The molecular weight excluding hydrogens is 340 g/mol. The molecule has 0 aliphatic carbocycles. The topological polar surface area (TPSA) is 80.0 Å². The molecule has 4 N–H and O–H groups in total. The van der Waals surface area contributed by atoms with Crippen molar-refractivity contribution in [1.82, 2.24) is 10.3 Å². The number of carbonyl (C=O) groups is 1. The van der Waals surface area contributed by atoms with Gasteiger partial charge in [-0.25, -0.2) is 4.98 Å². The molecule has 0 radical (unpaired) electrons. The average Bonchev–Trinajstić information content (AvgIpc) is 3.25. The molecule has 0 aromatic carbocycles. The second kappa shape index (κ2) is 6.51. The molecule has 4 heterocycles. The lowest BCUT2D eigenvalue weighted by atomic mass is 10.1. The summed E-state index contributed by atoms with van der Waals surface area (Å²) in [4.78, 5) is 17.4. The van der Waals surface area contributed by atoms with Crippen LogP contribution in [0.25, 0.3) is 20.5 Å². The van der Waals surface area contributed by atoms with Crippen LogP contribution >= 0.6 is 22.7 Å². The Morgan fingerprint density at radius 2 is 2.38 bits per heavy atom. The van der Waals surface area contributed by atoms with Crippen molar-refractivity contribution in [2.75, 3.05) is 18.4 Å². The molecule has 3 aromatic heterocycles. The Morgan fingerprint density at radius 1 is 1.46 bits per heavy atom. The van der Waals surface area contributed by atoms with Crippen LogP contribution in [-0.2, 0) is 0 Å². The van der Waals surface area contributed by atoms with Crippen molar-refractivity contribution in [2.24, 2.45) is 5.73 Å². The average molecular weight is 358 g/mol. The Balaban J connectivity index is 1.79. The quantitative estimate of drug-likeness (QED) is 0.669. The summed E-state index contributed by atoms with van der Waals surface area (Å²) in [7, 11) is 0. The maximum absolute atomic E-state index is 11.8. The lowest BCUT2D eigenvalue weighted by Gasteiger charge is -2.24. The first kappa shape index (κ1) is 15.6. The summed E-state index contributed by atoms with van der Waals surface area (Å²) in [5.41, 5.74) is 7.20. The number of rotatable bonds is 4. The molecule has 1 fully saturated rings. The molecule has 3 aromatic rings. The zero-order valence-electron chi connectivity index (χ0n) is 13.0. The van der Waals surface area contributed by atoms with Gasteiger partial charge in [0, 0.05) is 34.6 Å². The second-order valence-electron chi connectivity index (χ2n) is 5.94. The normalized spacial score (nSPS) is 17.9. The van der Waals surface area contributed by atoms with Gasteiger partial charge in [-0.3, -0.25) is 4.79 Å². The molecule has 0 saturated carbocycles. The van der Waals surface area contributed by atoms with Crippen LogP contribution in [0.4, 0.5) is 5.82 Å². The van der Waals surface area contributed by atoms with Gasteiger partial charge in [-0.1, -0.05) is 0 Å². The molecule has 1 aliphatic heterocycles. The van der Waals surface area contributed by atoms with Crippen LogP contribution in [-0.4, -0.2) is 30.0 Å². The second-order valence-corrected chi connectivity index (χ2v) is 7.77. The van der Waals surface area contributed by atoms with Crippen molar-refractivity contribution in [2.45, 2.75) is 18.9 Å². The zero-order chi connectivity index (χ0) is 16.5. The first-order chi connectivity index (χ1) is 11.7. The number of piperidine rings is 1. The van der Waals surface area contributed by atoms with Crippen LogP contribution in [0.2, 0.25) is 0 Å². The fourth-order valence-corrected chi connectivity index (χ4v) is 4.93. The van der Waals surface area contributed by atoms with Crippen LogP contribution in [0, 0.1) is 0 Å². The molecule has 0 spiro atoms. The van der Waals surface area contributed by atoms with E-state index in [-0.39, 0.29) is 0 Å². The highest BCUT2D eigenvalue weighted by atomic mass is 32.1. The van der Waals surface area contributed by atoms with Crippen molar-refractivity contribution in [3.05, 3.63) is 34.7 Å². The number of carbonyl (C=O) groups excluding carboxylic acids is 1. The van der Waals surface area contributed by atoms with E-state index in [9.17, 15) is 4.79 Å². The molecule has 1 saturated heterocycles. The third kappa shape index (κ3) is 2.90. The van der Waals surface area contributed by atoms with E-state index in [1.165, 1.54) is 5.56 Å². The van der Waals surface area contributed by atoms with Gasteiger partial charge in [-0.15, -0.1) is 11.3 Å². The van der Waals surface area contributed by atoms with E-state index in [0.717, 1.165) is 46.7 Å². The largest absolute Gasteiger partial charge is 0.366 e. The summed E-state index contributed by atoms with van der Waals surface area (Å²) in [6.07, 6.45) is 3.87. The van der Waals surface area contributed by atoms with Crippen molar-refractivity contribution in [3.8, 4) is 10.4 Å². The number of amides is 1. The lowest BCUT2D eigenvalue weighted by Crippen LogP contribution is -2.38. The van der Waals surface area contributed by atoms with E-state index in [1.54, 1.807) is 28.9 Å². The number of anilines is 1. The summed E-state index contributed by atoms with van der Waals surface area (Å²) in [6.45, 7) is 2.00. The fourth-order valence-electron chi connectivity index (χ4n) is 3.03. The highest BCUT2D eigenvalue weighted by Crippen LogP contribution is 2.39. The van der Waals surface area contributed by atoms with Gasteiger partial charge >= 0.3 is 0 Å². The minimum atomic E-state index is -0.433. The predicted octanol–water partition coefficient (Wildman–Crippen LogP) is 3.29. The van der Waals surface area contributed by atoms with Crippen LogP contribution < -0.4 is 16.4 Å². The minimum Gasteiger partial charge on any atom is -0.366 e. The Morgan fingerprint density at radius 3 is 3.08 bits per heavy atom. The van der Waals surface area contributed by atoms with E-state index in [2.05, 4.69) is 38.5 Å². The number of aromatic nitrogens is 1. The van der Waals surface area contributed by atoms with Crippen molar-refractivity contribution in [3.63, 3.8) is 0 Å². The number of hydrogen-bond donors (Lipinski definition) is 3. The number of nitrogens with zero attached hydrogens (tertiary/aromatic N) is 1. The number of pyridine rings is 1. The Kier molecular flexibility index (Phi) is 4.22. The zero-order valence-corrected chi connectivity index (χ0v) is 14.7. The summed E-state index contributed by atoms with van der Waals surface area (Å²) in [5.74, 6) is 0.401. The molecule has 1 aliphatic rings. The van der Waals surface area contributed by atoms with Gasteiger partial charge in [0.2, 0.25) is 0 Å². The van der Waals surface area contributed by atoms with Crippen molar-refractivity contribution >= 4 is 44.5 Å². The molecule has 1 atom stereocenters. The van der Waals surface area contributed by atoms with Gasteiger partial charge in [0.15, 0.2) is 0 Å². The molecule has 0 bridgehead atoms. The fraction of sp³-hybridized carbons (Fsp3) is 0.294. The molecule has 7 heteroatoms. The summed E-state index contributed by atoms with van der Waals surface area (Å²) in [5, 5.41) is 12.1. The van der Waals surface area contributed by atoms with E-state index >= 15 is 0 Å². The predicted molar refractivity (Wildman–Crippen MR) is 101 cm³/mol. The highest BCUT2D eigenvalue weighted by Gasteiger charge is 2.19. The number of nitrogens with one attached hydrogen (secondary N) is 2. The SMILES string of the molecule is NC(=O)c1cnc(N[C@H]2CCCNC2)c2cc(-c3ccsc3)sc12. The molecular formula is C17H18N4OS2. The molecule has 124 valence electrons. The summed E-state index contributed by atoms with van der Waals surface area (Å²) >= 11 is 3.26. The molecule has 24 heavy (non-hydrogen) atoms. The molecule has 0 unspecified atom stereocenters. The summed E-state index contributed by atoms with van der Waals surface area (Å²) in [6, 6.07) is 4.56. The first-order valence-corrected chi connectivity index (χ1v) is 9.70. The maximum Gasteiger partial charge on any atom is 0.251 e. The third-order valence-corrected chi connectivity index (χ3v) is 6.16. The first-order valence-electron chi connectivity index (χ1n) is 7.94. The Bertz CT molecular complexity index is 866. The Labute approximate surface area is 147 Å². The van der Waals surface area contributed by atoms with Crippen LogP contribution in [0.1, 0.15) is 23.2 Å². The minimum absolute atomic E-state index is 0.360. The van der Waals surface area contributed by atoms with Gasteiger partial charge in [0.25, 0.3) is 5.91 Å². The van der Waals surface area contributed by atoms with Crippen LogP contribution in [0.15, 0.2) is 29.1 Å². The Hall–Kier alpha value is -1.96. The smallest absolute Gasteiger partial charge is 0.251 e. The van der Waals surface area contributed by atoms with E-state index in [4.69, 9.17) is 5.73 Å². The lowest BCUT2D eigenvalue weighted by molar-refractivity contribution is 0.100. The molecule has 4 rings (SSSR count). The number of nitrogens with two attached hydrogens (primary N) is 1. The van der Waals surface area contributed by atoms with Crippen molar-refractivity contribution < 1.29 is 4.79 Å². The number of hydrogen-bond acceptors (Lipinski definition) is 6.